The second-order valence-electron chi connectivity index (χ2n) is 21.3. The molecule has 0 bridgehead atoms. The molecule has 6 aromatic rings. The quantitative estimate of drug-likeness (QED) is 0.0562. The number of allylic oxidation sites excluding steroid dienone is 13. The third kappa shape index (κ3) is 23.1. The highest BCUT2D eigenvalue weighted by molar-refractivity contribution is 6.67. The van der Waals surface area contributed by atoms with Gasteiger partial charge >= 0.3 is 19.0 Å². The lowest BCUT2D eigenvalue weighted by Crippen LogP contribution is -2.66. The van der Waals surface area contributed by atoms with Crippen molar-refractivity contribution in [2.24, 2.45) is 10.8 Å². The van der Waals surface area contributed by atoms with Gasteiger partial charge in [0.1, 0.15) is 12.8 Å². The van der Waals surface area contributed by atoms with Crippen molar-refractivity contribution in [2.45, 2.75) is 102 Å². The molecule has 0 unspecified atom stereocenters. The van der Waals surface area contributed by atoms with E-state index < -0.39 is 30.2 Å². The lowest BCUT2D eigenvalue weighted by atomic mass is 9.73. The number of alkyl halides is 6. The molecular weight excluding hydrogens is 1020 g/mol. The molecule has 0 spiro atoms. The summed E-state index contributed by atoms with van der Waals surface area (Å²) in [5, 5.41) is 9.04. The summed E-state index contributed by atoms with van der Waals surface area (Å²) >= 11 is 0. The SMILES string of the molecule is C1=CC[N+]([B-](n2cccc2)(n2cccn2)n2cccn2)=C1.C=C(/C=C(\C)C(C)(C)C)C(C)(C)C.C=C(/C=C(\C)C(F)(F)F)C(F)(F)F.C=C(/C=C(\C)c1ccccc1)c1ccccc1.C=C(C)C=C(C)C.CC(=O)c1ccccc1. The smallest absolute Gasteiger partial charge is 0.423 e. The number of aromatic nitrogens is 5. The lowest BCUT2D eigenvalue weighted by Gasteiger charge is -2.37. The van der Waals surface area contributed by atoms with Gasteiger partial charge in [0.15, 0.2) is 5.78 Å². The Morgan fingerprint density at radius 3 is 1.31 bits per heavy atom. The topological polar surface area (TPSA) is 60.6 Å². The predicted octanol–water partition coefficient (Wildman–Crippen LogP) is 18.3. The zero-order valence-corrected chi connectivity index (χ0v) is 48.9. The summed E-state index contributed by atoms with van der Waals surface area (Å²) in [6.45, 7) is 39.5. The minimum atomic E-state index is -4.81. The molecule has 7 nitrogen and oxygen atoms in total. The molecule has 3 aromatic carbocycles. The van der Waals surface area contributed by atoms with Crippen molar-refractivity contribution in [1.82, 2.24) is 23.9 Å². The first-order valence-corrected chi connectivity index (χ1v) is 26.0. The van der Waals surface area contributed by atoms with Crippen molar-refractivity contribution >= 4 is 29.8 Å². The van der Waals surface area contributed by atoms with Crippen LogP contribution in [0.3, 0.4) is 0 Å². The maximum atomic E-state index is 11.7. The molecule has 426 valence electrons. The van der Waals surface area contributed by atoms with Crippen LogP contribution in [0.1, 0.15) is 111 Å². The summed E-state index contributed by atoms with van der Waals surface area (Å²) in [4.78, 5) is 10.6. The average Bonchev–Trinajstić information content (AvgIpc) is 4.26. The Kier molecular flexibility index (Phi) is 26.9. The molecule has 0 saturated heterocycles. The van der Waals surface area contributed by atoms with Crippen molar-refractivity contribution in [3.8, 4) is 0 Å². The maximum absolute atomic E-state index is 11.7. The van der Waals surface area contributed by atoms with Crippen LogP contribution in [0.4, 0.5) is 26.3 Å². The van der Waals surface area contributed by atoms with Crippen molar-refractivity contribution in [3.63, 3.8) is 0 Å². The molecule has 0 aliphatic carbocycles. The Balaban J connectivity index is 0.000000340. The van der Waals surface area contributed by atoms with Gasteiger partial charge in [-0.25, -0.2) is 10.2 Å². The fraction of sp³-hybridized carbons (Fsp3) is 0.273. The van der Waals surface area contributed by atoms with Crippen LogP contribution in [0, 0.1) is 10.8 Å². The van der Waals surface area contributed by atoms with E-state index in [1.54, 1.807) is 19.3 Å². The monoisotopic (exact) mass is 1100 g/mol. The molecular formula is C66H81BF6N6O. The van der Waals surface area contributed by atoms with E-state index in [0.717, 1.165) is 23.3 Å². The van der Waals surface area contributed by atoms with Crippen LogP contribution in [0.2, 0.25) is 0 Å². The van der Waals surface area contributed by atoms with Crippen LogP contribution >= 0.6 is 0 Å². The van der Waals surface area contributed by atoms with Gasteiger partial charge < -0.3 is 18.2 Å². The number of halogens is 6. The highest BCUT2D eigenvalue weighted by atomic mass is 19.4. The maximum Gasteiger partial charge on any atom is 0.622 e. The largest absolute Gasteiger partial charge is 0.622 e. The van der Waals surface area contributed by atoms with Gasteiger partial charge in [-0.3, -0.25) is 4.79 Å². The molecule has 7 rings (SSSR count). The first-order chi connectivity index (χ1) is 37.2. The summed E-state index contributed by atoms with van der Waals surface area (Å²) in [5.74, 6) is 0.121. The van der Waals surface area contributed by atoms with E-state index in [9.17, 15) is 31.1 Å². The number of Topliss-reactive ketones (excluding diaryl/α,β-unsaturated/α-hetero) is 1. The van der Waals surface area contributed by atoms with Crippen LogP contribution in [-0.4, -0.2) is 65.9 Å². The number of ketones is 1. The van der Waals surface area contributed by atoms with Gasteiger partial charge in [-0.05, 0) is 154 Å². The number of nitrogens with zero attached hydrogens (tertiary/aromatic N) is 6. The van der Waals surface area contributed by atoms with Crippen LogP contribution in [0.5, 0.6) is 0 Å². The molecule has 0 atom stereocenters. The first kappa shape index (κ1) is 68.1. The minimum Gasteiger partial charge on any atom is -0.423 e. The Morgan fingerprint density at radius 1 is 0.537 bits per heavy atom. The summed E-state index contributed by atoms with van der Waals surface area (Å²) in [6.07, 6.45) is 14.8. The minimum absolute atomic E-state index is 0.0278. The summed E-state index contributed by atoms with van der Waals surface area (Å²) in [5.41, 5.74) is 8.12. The number of rotatable bonds is 11. The molecule has 4 heterocycles. The third-order valence-electron chi connectivity index (χ3n) is 12.2. The standard InChI is InChI=1S/C17H16.C14H15BN6.C13H24.C8H8O.C7H6F6.C7H12/c1-14(16-9-5-3-6-10-16)13-15(2)17-11-7-4-8-12-17;1-2-10-18(9-1)15(19-11-3-4-12-19,20-13-5-7-16-20)21-14-6-8-17-21;1-10(12(3,4)5)9-11(2)13(6,7)8;1-7(9)8-5-3-2-4-6-8;1-4(6(8,9)10)3-5(2)7(11,12)13;1-6(2)5-7(3)4/h3-13H,1H2,2H3;1-11,13-14H,12H2;9H,1H2,2-8H3;2-6H,1H3;3H,1H2,2H3;5H,1H2,2-4H3/b15-13+;;11-9+;;5-3+;. The highest BCUT2D eigenvalue weighted by Crippen LogP contribution is 2.32. The number of benzene rings is 3. The first-order valence-electron chi connectivity index (χ1n) is 26.0. The van der Waals surface area contributed by atoms with E-state index in [2.05, 4.69) is 200 Å². The molecule has 3 aromatic heterocycles. The molecule has 0 N–H and O–H groups in total. The zero-order valence-electron chi connectivity index (χ0n) is 48.9. The predicted molar refractivity (Wildman–Crippen MR) is 324 cm³/mol. The number of hydrogen-bond acceptors (Lipinski definition) is 3. The van der Waals surface area contributed by atoms with E-state index in [-0.39, 0.29) is 22.7 Å². The molecule has 0 fully saturated rings. The van der Waals surface area contributed by atoms with Crippen molar-refractivity contribution in [1.29, 1.82) is 0 Å². The van der Waals surface area contributed by atoms with E-state index in [0.29, 0.717) is 6.92 Å². The van der Waals surface area contributed by atoms with Crippen molar-refractivity contribution in [2.75, 3.05) is 6.54 Å². The highest BCUT2D eigenvalue weighted by Gasteiger charge is 2.48. The molecule has 0 amide bonds. The Labute approximate surface area is 472 Å². The Morgan fingerprint density at radius 2 is 0.988 bits per heavy atom. The second kappa shape index (κ2) is 31.6. The lowest BCUT2D eigenvalue weighted by molar-refractivity contribution is -0.390. The van der Waals surface area contributed by atoms with Gasteiger partial charge in [-0.2, -0.15) is 26.3 Å². The van der Waals surface area contributed by atoms with E-state index in [4.69, 9.17) is 0 Å². The van der Waals surface area contributed by atoms with E-state index >= 15 is 0 Å². The van der Waals surface area contributed by atoms with Gasteiger partial charge in [0.2, 0.25) is 0 Å². The zero-order chi connectivity index (χ0) is 60.5. The summed E-state index contributed by atoms with van der Waals surface area (Å²) in [6, 6.07) is 37.8. The molecule has 1 aliphatic heterocycles. The Bertz CT molecular complexity index is 2930. The fourth-order valence-electron chi connectivity index (χ4n) is 7.16. The van der Waals surface area contributed by atoms with Crippen LogP contribution in [0.15, 0.2) is 249 Å². The summed E-state index contributed by atoms with van der Waals surface area (Å²) < 4.78 is 78.6. The second-order valence-corrected chi connectivity index (χ2v) is 21.3. The molecule has 14 heteroatoms. The molecule has 0 saturated carbocycles. The molecule has 0 radical (unpaired) electrons. The number of carbonyl (C=O) groups excluding carboxylic acids is 1. The molecule has 80 heavy (non-hydrogen) atoms. The van der Waals surface area contributed by atoms with Gasteiger partial charge in [-0.15, -0.1) is 0 Å². The average molecular weight is 1100 g/mol. The van der Waals surface area contributed by atoms with Crippen LogP contribution in [-0.2, 0) is 0 Å². The molecule has 1 aliphatic rings. The van der Waals surface area contributed by atoms with E-state index in [1.807, 2.05) is 107 Å². The van der Waals surface area contributed by atoms with Crippen LogP contribution in [0.25, 0.3) is 11.1 Å². The van der Waals surface area contributed by atoms with Crippen molar-refractivity contribution < 1.29 is 35.6 Å². The third-order valence-corrected chi connectivity index (χ3v) is 12.2. The van der Waals surface area contributed by atoms with Gasteiger partial charge in [0.25, 0.3) is 0 Å². The fourth-order valence-corrected chi connectivity index (χ4v) is 7.16. The normalized spacial score (nSPS) is 12.6. The Hall–Kier alpha value is -8.00. The van der Waals surface area contributed by atoms with Gasteiger partial charge in [0, 0.05) is 29.1 Å². The van der Waals surface area contributed by atoms with Gasteiger partial charge in [0.05, 0.1) is 0 Å². The number of hydrogen-bond donors (Lipinski definition) is 0. The van der Waals surface area contributed by atoms with Crippen molar-refractivity contribution in [3.05, 3.63) is 265 Å². The van der Waals surface area contributed by atoms with Crippen LogP contribution < -0.4 is 0 Å². The van der Waals surface area contributed by atoms with Gasteiger partial charge in [-0.1, -0.05) is 194 Å². The van der Waals surface area contributed by atoms with E-state index in [1.165, 1.54) is 33.4 Å². The summed E-state index contributed by atoms with van der Waals surface area (Å²) in [7, 11) is 0. The number of carbonyl (C=O) groups is 1.